The van der Waals surface area contributed by atoms with Crippen LogP contribution in [-0.4, -0.2) is 71.0 Å². The van der Waals surface area contributed by atoms with Gasteiger partial charge >= 0.3 is 0 Å². The monoisotopic (exact) mass is 770 g/mol. The van der Waals surface area contributed by atoms with E-state index in [1.165, 1.54) is 10.9 Å². The van der Waals surface area contributed by atoms with E-state index >= 15 is 0 Å². The second kappa shape index (κ2) is 13.4. The lowest BCUT2D eigenvalue weighted by Gasteiger charge is -2.20. The second-order valence-corrected chi connectivity index (χ2v) is 14.8. The summed E-state index contributed by atoms with van der Waals surface area (Å²) in [6, 6.07) is 8.92. The Balaban J connectivity index is 0.000000158. The standard InChI is InChI=1S/C22H17ClN8O2.C13H12Cl2N4O/c1-11-5-15(24-2)27-20-18(11)22(32)31(10-26-20)9-17-28-21(29-33-17)19-13-7-30(8-14(13)19)16-6-12(23)3-4-25-16;14-4-11-17-13(18-20-11)12-8-5-19(6-9(8)12)10-3-7(15)1-2-16-10/h3-6,10,13-14,19H,7-9H2,1H3;1-3,8-9,12H,4-6H2/t13-,14+,19?;8-,9+,12?. The molecule has 2 aliphatic heterocycles. The summed E-state index contributed by atoms with van der Waals surface area (Å²) in [4.78, 5) is 46.8. The van der Waals surface area contributed by atoms with Gasteiger partial charge in [-0.2, -0.15) is 15.0 Å². The van der Waals surface area contributed by atoms with E-state index in [2.05, 4.69) is 54.9 Å². The van der Waals surface area contributed by atoms with Crippen LogP contribution in [-0.2, 0) is 12.4 Å². The van der Waals surface area contributed by atoms with Crippen molar-refractivity contribution in [2.45, 2.75) is 31.2 Å². The molecule has 4 aliphatic rings. The number of hydrogen-bond acceptors (Lipinski definition) is 13. The molecule has 0 amide bonds. The van der Waals surface area contributed by atoms with Crippen molar-refractivity contribution < 1.29 is 9.05 Å². The van der Waals surface area contributed by atoms with Crippen LogP contribution in [0.15, 0.2) is 62.9 Å². The van der Waals surface area contributed by atoms with Gasteiger partial charge in [0.1, 0.15) is 35.8 Å². The third-order valence-corrected chi connectivity index (χ3v) is 11.2. The summed E-state index contributed by atoms with van der Waals surface area (Å²) in [6.45, 7) is 12.7. The molecule has 8 heterocycles. The zero-order valence-electron chi connectivity index (χ0n) is 28.1. The number of alkyl halides is 1. The Hall–Kier alpha value is -5.17. The smallest absolute Gasteiger partial charge is 0.272 e. The fourth-order valence-corrected chi connectivity index (χ4v) is 8.30. The highest BCUT2D eigenvalue weighted by molar-refractivity contribution is 6.31. The number of hydrogen-bond donors (Lipinski definition) is 0. The summed E-state index contributed by atoms with van der Waals surface area (Å²) >= 11 is 17.8. The summed E-state index contributed by atoms with van der Waals surface area (Å²) in [6.07, 6.45) is 4.86. The summed E-state index contributed by atoms with van der Waals surface area (Å²) in [7, 11) is 0. The molecule has 0 spiro atoms. The number of halogens is 3. The number of aryl methyl sites for hydroxylation is 1. The van der Waals surface area contributed by atoms with Crippen molar-refractivity contribution in [1.82, 2.24) is 44.8 Å². The first-order valence-electron chi connectivity index (χ1n) is 17.0. The molecular weight excluding hydrogens is 743 g/mol. The molecule has 2 aliphatic carbocycles. The van der Waals surface area contributed by atoms with Gasteiger partial charge in [0.2, 0.25) is 11.8 Å². The summed E-state index contributed by atoms with van der Waals surface area (Å²) in [5.74, 6) is 7.38. The van der Waals surface area contributed by atoms with Crippen molar-refractivity contribution in [2.75, 3.05) is 36.0 Å². The van der Waals surface area contributed by atoms with Crippen molar-refractivity contribution in [3.8, 4) is 0 Å². The Kier molecular flexibility index (Phi) is 8.48. The van der Waals surface area contributed by atoms with Gasteiger partial charge in [-0.05, 0) is 66.5 Å². The second-order valence-electron chi connectivity index (χ2n) is 13.7. The van der Waals surface area contributed by atoms with Gasteiger partial charge in [-0.1, -0.05) is 45.1 Å². The Bertz CT molecular complexity index is 2440. The molecule has 0 N–H and O–H groups in total. The minimum Gasteiger partial charge on any atom is -0.361 e. The van der Waals surface area contributed by atoms with E-state index in [-0.39, 0.29) is 35.4 Å². The van der Waals surface area contributed by atoms with E-state index in [0.29, 0.717) is 63.2 Å². The predicted octanol–water partition coefficient (Wildman–Crippen LogP) is 5.69. The molecule has 53 heavy (non-hydrogen) atoms. The predicted molar refractivity (Wildman–Crippen MR) is 194 cm³/mol. The zero-order valence-corrected chi connectivity index (χ0v) is 30.3. The van der Waals surface area contributed by atoms with Crippen LogP contribution in [0.4, 0.5) is 17.5 Å². The largest absolute Gasteiger partial charge is 0.361 e. The minimum atomic E-state index is -0.255. The number of pyridine rings is 3. The van der Waals surface area contributed by atoms with Gasteiger partial charge in [-0.25, -0.2) is 9.97 Å². The number of rotatable bonds is 7. The van der Waals surface area contributed by atoms with Crippen LogP contribution >= 0.6 is 34.8 Å². The highest BCUT2D eigenvalue weighted by Gasteiger charge is 2.59. The first-order valence-corrected chi connectivity index (χ1v) is 18.2. The molecule has 6 aromatic heterocycles. The maximum atomic E-state index is 13.0. The molecule has 15 nitrogen and oxygen atoms in total. The van der Waals surface area contributed by atoms with Gasteiger partial charge in [0.15, 0.2) is 11.6 Å². The van der Waals surface area contributed by atoms with E-state index < -0.39 is 0 Å². The molecular formula is C35H29Cl3N12O3. The van der Waals surface area contributed by atoms with Crippen LogP contribution in [0.3, 0.4) is 0 Å². The lowest BCUT2D eigenvalue weighted by Crippen LogP contribution is -2.24. The van der Waals surface area contributed by atoms with Crippen molar-refractivity contribution in [3.05, 3.63) is 110 Å². The van der Waals surface area contributed by atoms with Gasteiger partial charge in [0, 0.05) is 60.5 Å². The van der Waals surface area contributed by atoms with Crippen LogP contribution < -0.4 is 15.4 Å². The molecule has 18 heteroatoms. The Morgan fingerprint density at radius 1 is 0.811 bits per heavy atom. The SMILES string of the molecule is ClCc1nc(C2[C@H]3CN(c4cc(Cl)ccn4)C[C@@H]23)no1.[C-]#[N+]c1cc(C)c2c(=O)n(Cc3nc(C4[C@H]5CN(c6cc(Cl)ccn6)C[C@@H]45)no3)cnc2n1. The van der Waals surface area contributed by atoms with Crippen LogP contribution in [0.2, 0.25) is 10.0 Å². The average Bonchev–Trinajstić information content (AvgIpc) is 3.61. The van der Waals surface area contributed by atoms with Gasteiger partial charge in [-0.15, -0.1) is 11.6 Å². The maximum Gasteiger partial charge on any atom is 0.272 e. The fraction of sp³-hybridized carbons (Fsp3) is 0.371. The maximum absolute atomic E-state index is 13.0. The molecule has 4 fully saturated rings. The molecule has 10 rings (SSSR count). The summed E-state index contributed by atoms with van der Waals surface area (Å²) in [5, 5.41) is 9.98. The van der Waals surface area contributed by atoms with Crippen LogP contribution in [0, 0.1) is 37.2 Å². The molecule has 0 radical (unpaired) electrons. The molecule has 6 atom stereocenters. The zero-order chi connectivity index (χ0) is 36.4. The van der Waals surface area contributed by atoms with Crippen molar-refractivity contribution in [3.63, 3.8) is 0 Å². The number of anilines is 2. The first kappa shape index (κ1) is 33.7. The average molecular weight is 772 g/mol. The minimum absolute atomic E-state index is 0.124. The molecule has 2 saturated carbocycles. The quantitative estimate of drug-likeness (QED) is 0.144. The molecule has 268 valence electrons. The Morgan fingerprint density at radius 2 is 1.36 bits per heavy atom. The van der Waals surface area contributed by atoms with Crippen LogP contribution in [0.25, 0.3) is 15.9 Å². The number of aromatic nitrogens is 9. The highest BCUT2D eigenvalue weighted by Crippen LogP contribution is 2.58. The van der Waals surface area contributed by atoms with Gasteiger partial charge < -0.3 is 23.7 Å². The van der Waals surface area contributed by atoms with E-state index in [4.69, 9.17) is 50.4 Å². The number of piperidine rings is 2. The number of nitrogens with zero attached hydrogens (tertiary/aromatic N) is 12. The van der Waals surface area contributed by atoms with Crippen molar-refractivity contribution >= 4 is 63.3 Å². The molecule has 6 aromatic rings. The van der Waals surface area contributed by atoms with Crippen LogP contribution in [0.1, 0.15) is 40.8 Å². The van der Waals surface area contributed by atoms with Crippen molar-refractivity contribution in [1.29, 1.82) is 0 Å². The third kappa shape index (κ3) is 6.34. The Morgan fingerprint density at radius 3 is 1.87 bits per heavy atom. The third-order valence-electron chi connectivity index (χ3n) is 10.5. The lowest BCUT2D eigenvalue weighted by molar-refractivity contribution is 0.363. The first-order chi connectivity index (χ1) is 25.8. The van der Waals surface area contributed by atoms with E-state index in [1.807, 2.05) is 12.1 Å². The lowest BCUT2D eigenvalue weighted by atomic mass is 10.2. The normalized spacial score (nSPS) is 23.7. The van der Waals surface area contributed by atoms with E-state index in [9.17, 15) is 4.79 Å². The fourth-order valence-electron chi connectivity index (χ4n) is 7.88. The van der Waals surface area contributed by atoms with Gasteiger partial charge in [-0.3, -0.25) is 9.36 Å². The summed E-state index contributed by atoms with van der Waals surface area (Å²) in [5.41, 5.74) is 0.667. The van der Waals surface area contributed by atoms with Crippen LogP contribution in [0.5, 0.6) is 0 Å². The van der Waals surface area contributed by atoms with Crippen molar-refractivity contribution in [2.24, 2.45) is 23.7 Å². The molecule has 2 unspecified atom stereocenters. The molecule has 2 saturated heterocycles. The van der Waals surface area contributed by atoms with E-state index in [0.717, 1.165) is 48.7 Å². The van der Waals surface area contributed by atoms with E-state index in [1.54, 1.807) is 37.5 Å². The topological polar surface area (TPSA) is 162 Å². The molecule has 0 aromatic carbocycles. The Labute approximate surface area is 316 Å². The van der Waals surface area contributed by atoms with Gasteiger partial charge in [0.05, 0.1) is 0 Å². The summed E-state index contributed by atoms with van der Waals surface area (Å²) < 4.78 is 11.9. The van der Waals surface area contributed by atoms with Gasteiger partial charge in [0.25, 0.3) is 17.0 Å². The number of fused-ring (bicyclic) bond motifs is 3. The molecule has 0 bridgehead atoms. The highest BCUT2D eigenvalue weighted by atomic mass is 35.5.